The molecule has 1 rings (SSSR count). The van der Waals surface area contributed by atoms with Crippen LogP contribution in [0.15, 0.2) is 23.4 Å². The first-order chi connectivity index (χ1) is 8.69. The van der Waals surface area contributed by atoms with E-state index in [-0.39, 0.29) is 5.84 Å². The summed E-state index contributed by atoms with van der Waals surface area (Å²) in [5.74, 6) is 1.70. The number of anilines is 1. The summed E-state index contributed by atoms with van der Waals surface area (Å²) in [7, 11) is 3.22. The van der Waals surface area contributed by atoms with Gasteiger partial charge in [0.15, 0.2) is 0 Å². The Labute approximate surface area is 106 Å². The Kier molecular flexibility index (Phi) is 5.63. The molecule has 0 aromatic heterocycles. The molecule has 0 aliphatic carbocycles. The fraction of sp³-hybridized carbons (Fsp3) is 0.417. The Balaban J connectivity index is 2.51. The summed E-state index contributed by atoms with van der Waals surface area (Å²) in [6.45, 7) is 0.715. The molecule has 0 saturated carbocycles. The summed E-state index contributed by atoms with van der Waals surface area (Å²) in [5.41, 5.74) is 6.28. The van der Waals surface area contributed by atoms with Crippen LogP contribution in [0, 0.1) is 0 Å². The molecule has 0 aliphatic heterocycles. The third kappa shape index (κ3) is 4.40. The molecule has 0 saturated heterocycles. The number of amidine groups is 1. The number of nitrogens with two attached hydrogens (primary N) is 1. The highest BCUT2D eigenvalue weighted by Crippen LogP contribution is 2.25. The molecular formula is C12H19N3O3. The van der Waals surface area contributed by atoms with E-state index in [4.69, 9.17) is 20.4 Å². The van der Waals surface area contributed by atoms with Crippen molar-refractivity contribution in [3.05, 3.63) is 18.2 Å². The zero-order valence-corrected chi connectivity index (χ0v) is 10.6. The average molecular weight is 253 g/mol. The van der Waals surface area contributed by atoms with Crippen LogP contribution in [-0.2, 0) is 0 Å². The molecule has 0 unspecified atom stereocenters. The number of rotatable bonds is 7. The first-order valence-electron chi connectivity index (χ1n) is 5.63. The maximum Gasteiger partial charge on any atom is 0.139 e. The van der Waals surface area contributed by atoms with E-state index in [9.17, 15) is 0 Å². The Morgan fingerprint density at radius 1 is 1.28 bits per heavy atom. The maximum absolute atomic E-state index is 8.40. The third-order valence-electron chi connectivity index (χ3n) is 2.42. The number of nitrogens with one attached hydrogen (secondary N) is 1. The Hall–Kier alpha value is -2.11. The Morgan fingerprint density at radius 3 is 2.39 bits per heavy atom. The summed E-state index contributed by atoms with van der Waals surface area (Å²) < 4.78 is 10.3. The zero-order valence-electron chi connectivity index (χ0n) is 10.6. The van der Waals surface area contributed by atoms with Gasteiger partial charge in [0.1, 0.15) is 17.3 Å². The van der Waals surface area contributed by atoms with Crippen LogP contribution in [-0.4, -0.2) is 31.8 Å². The van der Waals surface area contributed by atoms with E-state index in [0.717, 1.165) is 23.6 Å². The quantitative estimate of drug-likeness (QED) is 0.226. The van der Waals surface area contributed by atoms with E-state index in [1.807, 2.05) is 18.2 Å². The van der Waals surface area contributed by atoms with E-state index in [2.05, 4.69) is 10.5 Å². The van der Waals surface area contributed by atoms with Crippen LogP contribution >= 0.6 is 0 Å². The molecule has 0 atom stereocenters. The first-order valence-corrected chi connectivity index (χ1v) is 5.63. The summed E-state index contributed by atoms with van der Waals surface area (Å²) in [6, 6.07) is 5.57. The highest BCUT2D eigenvalue weighted by Gasteiger charge is 2.01. The predicted octanol–water partition coefficient (Wildman–Crippen LogP) is 1.64. The molecule has 100 valence electrons. The van der Waals surface area contributed by atoms with Crippen molar-refractivity contribution in [3.63, 3.8) is 0 Å². The number of hydrogen-bond acceptors (Lipinski definition) is 5. The molecule has 1 aromatic carbocycles. The Bertz CT molecular complexity index is 385. The molecule has 6 heteroatoms. The van der Waals surface area contributed by atoms with Crippen molar-refractivity contribution in [1.82, 2.24) is 0 Å². The minimum absolute atomic E-state index is 0.236. The van der Waals surface area contributed by atoms with Crippen LogP contribution in [0.3, 0.4) is 0 Å². The summed E-state index contributed by atoms with van der Waals surface area (Å²) >= 11 is 0. The van der Waals surface area contributed by atoms with Gasteiger partial charge in [0.05, 0.1) is 14.2 Å². The molecule has 0 radical (unpaired) electrons. The Morgan fingerprint density at radius 2 is 1.89 bits per heavy atom. The van der Waals surface area contributed by atoms with Crippen molar-refractivity contribution in [2.24, 2.45) is 10.9 Å². The highest BCUT2D eigenvalue weighted by atomic mass is 16.5. The maximum atomic E-state index is 8.40. The van der Waals surface area contributed by atoms with Crippen LogP contribution in [0.5, 0.6) is 11.5 Å². The van der Waals surface area contributed by atoms with Crippen LogP contribution in [0.1, 0.15) is 12.8 Å². The van der Waals surface area contributed by atoms with Gasteiger partial charge in [-0.3, -0.25) is 0 Å². The lowest BCUT2D eigenvalue weighted by Crippen LogP contribution is -2.13. The van der Waals surface area contributed by atoms with E-state index in [1.165, 1.54) is 0 Å². The number of ether oxygens (including phenoxy) is 2. The monoisotopic (exact) mass is 253 g/mol. The molecular weight excluding hydrogens is 234 g/mol. The minimum Gasteiger partial charge on any atom is -0.497 e. The van der Waals surface area contributed by atoms with Crippen LogP contribution in [0.4, 0.5) is 5.69 Å². The SMILES string of the molecule is COc1cc(NCCC/C(N)=N/O)cc(OC)c1. The largest absolute Gasteiger partial charge is 0.497 e. The van der Waals surface area contributed by atoms with Crippen molar-refractivity contribution < 1.29 is 14.7 Å². The van der Waals surface area contributed by atoms with Crippen molar-refractivity contribution in [2.45, 2.75) is 12.8 Å². The van der Waals surface area contributed by atoms with Gasteiger partial charge in [-0.1, -0.05) is 5.16 Å². The molecule has 4 N–H and O–H groups in total. The topological polar surface area (TPSA) is 89.1 Å². The molecule has 0 amide bonds. The number of methoxy groups -OCH3 is 2. The number of hydrogen-bond donors (Lipinski definition) is 3. The molecule has 0 fully saturated rings. The predicted molar refractivity (Wildman–Crippen MR) is 70.7 cm³/mol. The van der Waals surface area contributed by atoms with Crippen LogP contribution < -0.4 is 20.5 Å². The molecule has 18 heavy (non-hydrogen) atoms. The van der Waals surface area contributed by atoms with Crippen molar-refractivity contribution in [1.29, 1.82) is 0 Å². The summed E-state index contributed by atoms with van der Waals surface area (Å²) in [6.07, 6.45) is 1.32. The highest BCUT2D eigenvalue weighted by molar-refractivity contribution is 5.79. The second-order valence-electron chi connectivity index (χ2n) is 3.72. The van der Waals surface area contributed by atoms with Crippen molar-refractivity contribution in [2.75, 3.05) is 26.1 Å². The van der Waals surface area contributed by atoms with Gasteiger partial charge < -0.3 is 25.7 Å². The van der Waals surface area contributed by atoms with E-state index < -0.39 is 0 Å². The summed E-state index contributed by atoms with van der Waals surface area (Å²) in [5, 5.41) is 14.5. The van der Waals surface area contributed by atoms with Gasteiger partial charge in [-0.25, -0.2) is 0 Å². The van der Waals surface area contributed by atoms with Gasteiger partial charge in [-0.15, -0.1) is 0 Å². The average Bonchev–Trinajstić information content (AvgIpc) is 2.42. The molecule has 1 aromatic rings. The smallest absolute Gasteiger partial charge is 0.139 e. The van der Waals surface area contributed by atoms with Gasteiger partial charge in [-0.05, 0) is 6.42 Å². The van der Waals surface area contributed by atoms with Crippen molar-refractivity contribution >= 4 is 11.5 Å². The van der Waals surface area contributed by atoms with Gasteiger partial charge >= 0.3 is 0 Å². The first kappa shape index (κ1) is 14.0. The van der Waals surface area contributed by atoms with E-state index in [1.54, 1.807) is 14.2 Å². The number of oxime groups is 1. The fourth-order valence-corrected chi connectivity index (χ4v) is 1.46. The van der Waals surface area contributed by atoms with E-state index in [0.29, 0.717) is 13.0 Å². The fourth-order valence-electron chi connectivity index (χ4n) is 1.46. The molecule has 0 bridgehead atoms. The van der Waals surface area contributed by atoms with Gasteiger partial charge in [-0.2, -0.15) is 0 Å². The van der Waals surface area contributed by atoms with E-state index >= 15 is 0 Å². The summed E-state index contributed by atoms with van der Waals surface area (Å²) in [4.78, 5) is 0. The second kappa shape index (κ2) is 7.26. The van der Waals surface area contributed by atoms with Crippen LogP contribution in [0.25, 0.3) is 0 Å². The number of nitrogens with zero attached hydrogens (tertiary/aromatic N) is 1. The van der Waals surface area contributed by atoms with Crippen molar-refractivity contribution in [3.8, 4) is 11.5 Å². The second-order valence-corrected chi connectivity index (χ2v) is 3.72. The lowest BCUT2D eigenvalue weighted by atomic mass is 10.2. The number of benzene rings is 1. The lowest BCUT2D eigenvalue weighted by Gasteiger charge is -2.10. The molecule has 0 aliphatic rings. The zero-order chi connectivity index (χ0) is 13.4. The van der Waals surface area contributed by atoms with Gasteiger partial charge in [0, 0.05) is 36.9 Å². The molecule has 0 spiro atoms. The minimum atomic E-state index is 0.236. The van der Waals surface area contributed by atoms with Gasteiger partial charge in [0.2, 0.25) is 0 Å². The third-order valence-corrected chi connectivity index (χ3v) is 2.42. The standard InChI is InChI=1S/C12H19N3O3/c1-17-10-6-9(7-11(8-10)18-2)14-5-3-4-12(13)15-16/h6-8,14,16H,3-5H2,1-2H3,(H2,13,15). The van der Waals surface area contributed by atoms with Gasteiger partial charge in [0.25, 0.3) is 0 Å². The lowest BCUT2D eigenvalue weighted by molar-refractivity contribution is 0.316. The molecule has 6 nitrogen and oxygen atoms in total. The normalized spacial score (nSPS) is 11.1. The van der Waals surface area contributed by atoms with Crippen LogP contribution in [0.2, 0.25) is 0 Å². The molecule has 0 heterocycles.